The molecule has 0 radical (unpaired) electrons. The van der Waals surface area contributed by atoms with Crippen LogP contribution >= 0.6 is 81.0 Å². The van der Waals surface area contributed by atoms with E-state index in [9.17, 15) is 24.0 Å². The lowest BCUT2D eigenvalue weighted by atomic mass is 9.84. The highest BCUT2D eigenvalue weighted by molar-refractivity contribution is 7.60. The zero-order valence-corrected chi connectivity index (χ0v) is 45.4. The summed E-state index contributed by atoms with van der Waals surface area (Å²) in [5.41, 5.74) is 5.29. The minimum absolute atomic E-state index is 0. The summed E-state index contributed by atoms with van der Waals surface area (Å²) in [4.78, 5) is 82.7. The van der Waals surface area contributed by atoms with Crippen LogP contribution in [0.2, 0.25) is 0 Å². The molecule has 4 heterocycles. The van der Waals surface area contributed by atoms with E-state index in [1.807, 2.05) is 61.9 Å². The lowest BCUT2D eigenvalue weighted by molar-refractivity contribution is -0.138. The molecule has 4 aromatic rings. The van der Waals surface area contributed by atoms with E-state index in [0.717, 1.165) is 77.3 Å². The summed E-state index contributed by atoms with van der Waals surface area (Å²) < 4.78 is 9.65. The third-order valence-corrected chi connectivity index (χ3v) is 13.4. The topological polar surface area (TPSA) is 175 Å². The summed E-state index contributed by atoms with van der Waals surface area (Å²) in [7, 11) is 2.58. The van der Waals surface area contributed by atoms with Crippen molar-refractivity contribution in [3.05, 3.63) is 82.5 Å². The fourth-order valence-corrected chi connectivity index (χ4v) is 10.1. The molecule has 3 aliphatic heterocycles. The molecular formula is C48H69N7O7S6. The van der Waals surface area contributed by atoms with E-state index in [4.69, 9.17) is 19.5 Å². The first kappa shape index (κ1) is 60.2. The van der Waals surface area contributed by atoms with Crippen molar-refractivity contribution in [1.29, 1.82) is 0 Å². The van der Waals surface area contributed by atoms with Crippen molar-refractivity contribution in [2.75, 3.05) is 20.8 Å². The maximum atomic E-state index is 14.3. The number of carbonyl (C=O) groups excluding carboxylic acids is 4. The third kappa shape index (κ3) is 12.3. The number of carbonyl (C=O) groups is 4. The molecule has 1 aliphatic carbocycles. The summed E-state index contributed by atoms with van der Waals surface area (Å²) in [5.74, 6) is 0.162. The van der Waals surface area contributed by atoms with E-state index in [0.29, 0.717) is 36.1 Å². The van der Waals surface area contributed by atoms with Crippen LogP contribution in [0.5, 0.6) is 0 Å². The van der Waals surface area contributed by atoms with E-state index in [-0.39, 0.29) is 128 Å². The first-order valence-corrected chi connectivity index (χ1v) is 22.0. The average Bonchev–Trinajstić information content (AvgIpc) is 4.05. The van der Waals surface area contributed by atoms with Crippen LogP contribution in [-0.2, 0) is 19.1 Å². The molecule has 4 amide bonds. The monoisotopic (exact) mass is 1050 g/mol. The molecule has 2 saturated heterocycles. The van der Waals surface area contributed by atoms with Crippen LogP contribution in [0, 0.1) is 17.8 Å². The summed E-state index contributed by atoms with van der Waals surface area (Å²) in [6.45, 7) is 8.24. The van der Waals surface area contributed by atoms with Crippen molar-refractivity contribution in [1.82, 2.24) is 30.4 Å². The Labute approximate surface area is 440 Å². The highest BCUT2D eigenvalue weighted by Gasteiger charge is 2.48. The molecule has 1 aromatic heterocycles. The highest BCUT2D eigenvalue weighted by Crippen LogP contribution is 2.46. The van der Waals surface area contributed by atoms with Crippen LogP contribution in [0.25, 0.3) is 38.4 Å². The van der Waals surface area contributed by atoms with Crippen molar-refractivity contribution in [2.45, 2.75) is 109 Å². The zero-order chi connectivity index (χ0) is 43.8. The molecule has 3 N–H and O–H groups in total. The van der Waals surface area contributed by atoms with Crippen LogP contribution in [-0.4, -0.2) is 94.4 Å². The first-order chi connectivity index (χ1) is 29.8. The van der Waals surface area contributed by atoms with Crippen molar-refractivity contribution in [3.8, 4) is 11.1 Å². The highest BCUT2D eigenvalue weighted by atomic mass is 32.1. The van der Waals surface area contributed by atoms with Crippen molar-refractivity contribution in [3.63, 3.8) is 0 Å². The van der Waals surface area contributed by atoms with Crippen molar-refractivity contribution >= 4 is 138 Å². The SMILES string of the molecule is COC(=O)N[C@H](C(=O)N1CCC[C@H]1C1=NC=C(c2ccc3cc(-c4ccc5c(=O)[nH]c([C@@H]6C[C@@H]7CCCC[C@@H]7N6C(=O)[C@@H](NC(=O)OC)C(C)C)nc5c4)ccc3c2)C1)C(C)C.S.S.S.S.S.S. The Morgan fingerprint density at radius 2 is 1.28 bits per heavy atom. The molecule has 14 nitrogen and oxygen atoms in total. The van der Waals surface area contributed by atoms with Gasteiger partial charge in [-0.25, -0.2) is 14.6 Å². The minimum Gasteiger partial charge on any atom is -0.453 e. The molecule has 374 valence electrons. The molecule has 0 unspecified atom stereocenters. The summed E-state index contributed by atoms with van der Waals surface area (Å²) >= 11 is 0. The van der Waals surface area contributed by atoms with E-state index in [2.05, 4.69) is 52.0 Å². The third-order valence-electron chi connectivity index (χ3n) is 13.4. The number of benzene rings is 3. The van der Waals surface area contributed by atoms with E-state index < -0.39 is 30.3 Å². The number of rotatable bonds is 10. The van der Waals surface area contributed by atoms with Gasteiger partial charge in [-0.2, -0.15) is 81.0 Å². The Bertz CT molecular complexity index is 2560. The van der Waals surface area contributed by atoms with Crippen molar-refractivity contribution < 1.29 is 28.7 Å². The Morgan fingerprint density at radius 1 is 0.706 bits per heavy atom. The van der Waals surface area contributed by atoms with Gasteiger partial charge in [0.15, 0.2) is 0 Å². The number of aromatic nitrogens is 2. The van der Waals surface area contributed by atoms with Crippen molar-refractivity contribution in [2.24, 2.45) is 22.7 Å². The molecule has 0 spiro atoms. The summed E-state index contributed by atoms with van der Waals surface area (Å²) in [5, 5.41) is 8.07. The average molecular weight is 1050 g/mol. The molecule has 20 heteroatoms. The predicted molar refractivity (Wildman–Crippen MR) is 301 cm³/mol. The summed E-state index contributed by atoms with van der Waals surface area (Å²) in [6, 6.07) is 16.4. The number of likely N-dealkylation sites (tertiary alicyclic amines) is 2. The van der Waals surface area contributed by atoms with Gasteiger partial charge in [-0.15, -0.1) is 0 Å². The number of nitrogens with zero attached hydrogens (tertiary/aromatic N) is 4. The van der Waals surface area contributed by atoms with Gasteiger partial charge in [0.05, 0.1) is 37.2 Å². The number of aromatic amines is 1. The van der Waals surface area contributed by atoms with Gasteiger partial charge in [0.25, 0.3) is 5.56 Å². The normalized spacial score (nSPS) is 20.1. The van der Waals surface area contributed by atoms with Crippen LogP contribution in [0.1, 0.15) is 96.5 Å². The first-order valence-electron chi connectivity index (χ1n) is 22.0. The molecule has 68 heavy (non-hydrogen) atoms. The quantitative estimate of drug-likeness (QED) is 0.143. The Morgan fingerprint density at radius 3 is 1.91 bits per heavy atom. The van der Waals surface area contributed by atoms with Gasteiger partial charge < -0.3 is 34.9 Å². The Balaban J connectivity index is 0.00000264. The Kier molecular flexibility index (Phi) is 22.8. The fraction of sp³-hybridized carbons (Fsp3) is 0.479. The Hall–Kier alpha value is -3.95. The second-order valence-corrected chi connectivity index (χ2v) is 17.9. The van der Waals surface area contributed by atoms with Crippen LogP contribution in [0.15, 0.2) is 70.6 Å². The van der Waals surface area contributed by atoms with Gasteiger partial charge in [0.2, 0.25) is 11.8 Å². The van der Waals surface area contributed by atoms with E-state index in [1.165, 1.54) is 14.2 Å². The molecule has 3 aromatic carbocycles. The molecule has 4 aliphatic rings. The van der Waals surface area contributed by atoms with Crippen LogP contribution < -0.4 is 16.2 Å². The van der Waals surface area contributed by atoms with Gasteiger partial charge in [-0.3, -0.25) is 19.4 Å². The molecular weight excluding hydrogens is 979 g/mol. The lowest BCUT2D eigenvalue weighted by Gasteiger charge is -2.37. The van der Waals surface area contributed by atoms with Gasteiger partial charge in [-0.05, 0) is 107 Å². The van der Waals surface area contributed by atoms with Gasteiger partial charge >= 0.3 is 12.2 Å². The number of methoxy groups -OCH3 is 2. The van der Waals surface area contributed by atoms with Gasteiger partial charge in [-0.1, -0.05) is 70.9 Å². The number of ether oxygens (including phenoxy) is 2. The smallest absolute Gasteiger partial charge is 0.407 e. The second-order valence-electron chi connectivity index (χ2n) is 17.9. The standard InChI is InChI=1S/C48H57N7O7.6H2S/c1-26(2)41(51-47(59)61-5)45(57)54-19-9-12-39(54)37-23-34(25-49-37)31-16-15-28-20-30(14-13-29(28)21-31)32-17-18-35-36(22-32)50-43(53-44(35)56)40-24-33-10-7-8-11-38(33)55(40)46(58)42(27(3)4)52-48(60)62-6;;;;;;/h13-18,20-22,25-27,33,38-42H,7-12,19,23-24H2,1-6H3,(H,51,59)(H,52,60)(H,50,53,56);6*1H2/t33-,38-,39-,40-,41-,42-;;;;;;/m0....../s1. The molecule has 3 fully saturated rings. The van der Waals surface area contributed by atoms with Crippen LogP contribution in [0.4, 0.5) is 9.59 Å². The number of aliphatic imine (C=N–C) groups is 1. The minimum atomic E-state index is -0.781. The molecule has 8 rings (SSSR count). The molecule has 6 atom stereocenters. The predicted octanol–water partition coefficient (Wildman–Crippen LogP) is 8.19. The fourth-order valence-electron chi connectivity index (χ4n) is 10.1. The number of hydrogen-bond donors (Lipinski definition) is 3. The van der Waals surface area contributed by atoms with Gasteiger partial charge in [0, 0.05) is 30.9 Å². The number of H-pyrrole nitrogens is 1. The summed E-state index contributed by atoms with van der Waals surface area (Å²) in [6.07, 6.45) is 7.63. The maximum absolute atomic E-state index is 14.3. The number of amides is 4. The second kappa shape index (κ2) is 25.8. The molecule has 1 saturated carbocycles. The number of nitrogens with one attached hydrogen (secondary N) is 3. The largest absolute Gasteiger partial charge is 0.453 e. The van der Waals surface area contributed by atoms with Gasteiger partial charge in [0.1, 0.15) is 17.9 Å². The number of allylic oxidation sites excluding steroid dienone is 1. The maximum Gasteiger partial charge on any atom is 0.407 e. The van der Waals surface area contributed by atoms with Crippen LogP contribution in [0.3, 0.4) is 0 Å². The lowest BCUT2D eigenvalue weighted by Crippen LogP contribution is -2.54. The number of alkyl carbamates (subject to hydrolysis) is 2. The number of fused-ring (bicyclic) bond motifs is 3. The van der Waals surface area contributed by atoms with E-state index >= 15 is 0 Å². The van der Waals surface area contributed by atoms with E-state index in [1.54, 1.807) is 0 Å². The number of hydrogen-bond acceptors (Lipinski definition) is 9. The zero-order valence-electron chi connectivity index (χ0n) is 39.4. The molecule has 0 bridgehead atoms.